The fourth-order valence-corrected chi connectivity index (χ4v) is 2.29. The molecule has 2 aromatic rings. The van der Waals surface area contributed by atoms with Gasteiger partial charge in [-0.1, -0.05) is 18.2 Å². The second kappa shape index (κ2) is 8.68. The van der Waals surface area contributed by atoms with Crippen molar-refractivity contribution in [1.82, 2.24) is 5.32 Å². The fraction of sp³-hybridized carbons (Fsp3) is 0.278. The van der Waals surface area contributed by atoms with Gasteiger partial charge >= 0.3 is 0 Å². The number of benzene rings is 2. The highest BCUT2D eigenvalue weighted by atomic mass is 16.6. The molecule has 0 fully saturated rings. The minimum absolute atomic E-state index is 0.0116. The average molecular weight is 343 g/mol. The number of amides is 1. The van der Waals surface area contributed by atoms with Crippen molar-refractivity contribution in [3.8, 4) is 5.75 Å². The van der Waals surface area contributed by atoms with E-state index in [1.54, 1.807) is 6.92 Å². The van der Waals surface area contributed by atoms with Crippen molar-refractivity contribution in [2.45, 2.75) is 19.9 Å². The zero-order valence-electron chi connectivity index (χ0n) is 14.2. The summed E-state index contributed by atoms with van der Waals surface area (Å²) in [5, 5.41) is 17.1. The Morgan fingerprint density at radius 3 is 2.60 bits per heavy atom. The van der Waals surface area contributed by atoms with Gasteiger partial charge in [-0.15, -0.1) is 0 Å². The van der Waals surface area contributed by atoms with E-state index >= 15 is 0 Å². The summed E-state index contributed by atoms with van der Waals surface area (Å²) in [6.07, 6.45) is 0. The van der Waals surface area contributed by atoms with Crippen LogP contribution in [0.5, 0.6) is 5.75 Å². The van der Waals surface area contributed by atoms with Gasteiger partial charge in [-0.25, -0.2) is 0 Å². The molecule has 0 aliphatic carbocycles. The van der Waals surface area contributed by atoms with Crippen LogP contribution in [0.1, 0.15) is 24.2 Å². The van der Waals surface area contributed by atoms with Crippen LogP contribution >= 0.6 is 0 Å². The number of carbonyl (C=O) groups excluding carboxylic acids is 1. The normalized spacial score (nSPS) is 11.4. The Morgan fingerprint density at radius 2 is 1.96 bits per heavy atom. The average Bonchev–Trinajstić information content (AvgIpc) is 2.61. The van der Waals surface area contributed by atoms with Crippen LogP contribution in [0.3, 0.4) is 0 Å². The molecular formula is C18H21N3O4. The van der Waals surface area contributed by atoms with E-state index in [2.05, 4.69) is 10.6 Å². The standard InChI is InChI=1S/C18H21N3O4/c1-3-25-15-9-10-17(21(23)24)16(11-15)18(22)20-13(2)12-19-14-7-5-4-6-8-14/h4-11,13,19H,3,12H2,1-2H3,(H,20,22). The highest BCUT2D eigenvalue weighted by Gasteiger charge is 2.22. The first kappa shape index (κ1) is 18.3. The van der Waals surface area contributed by atoms with Crippen LogP contribution in [0.2, 0.25) is 0 Å². The summed E-state index contributed by atoms with van der Waals surface area (Å²) in [5.41, 5.74) is 0.680. The molecule has 0 radical (unpaired) electrons. The van der Waals surface area contributed by atoms with Crippen LogP contribution in [0.15, 0.2) is 48.5 Å². The highest BCUT2D eigenvalue weighted by Crippen LogP contribution is 2.24. The lowest BCUT2D eigenvalue weighted by Crippen LogP contribution is -2.37. The van der Waals surface area contributed by atoms with E-state index in [9.17, 15) is 14.9 Å². The van der Waals surface area contributed by atoms with Gasteiger partial charge in [0.25, 0.3) is 11.6 Å². The lowest BCUT2D eigenvalue weighted by atomic mass is 10.1. The number of nitrogens with one attached hydrogen (secondary N) is 2. The summed E-state index contributed by atoms with van der Waals surface area (Å²) in [7, 11) is 0. The quantitative estimate of drug-likeness (QED) is 0.567. The van der Waals surface area contributed by atoms with E-state index in [-0.39, 0.29) is 17.3 Å². The fourth-order valence-electron chi connectivity index (χ4n) is 2.29. The van der Waals surface area contributed by atoms with Gasteiger partial charge in [0, 0.05) is 24.3 Å². The molecule has 0 saturated heterocycles. The predicted octanol–water partition coefficient (Wildman–Crippen LogP) is 3.22. The molecule has 0 aliphatic heterocycles. The summed E-state index contributed by atoms with van der Waals surface area (Å²) in [5.74, 6) is -0.0797. The van der Waals surface area contributed by atoms with Crippen LogP contribution < -0.4 is 15.4 Å². The topological polar surface area (TPSA) is 93.5 Å². The first-order valence-electron chi connectivity index (χ1n) is 8.02. The lowest BCUT2D eigenvalue weighted by molar-refractivity contribution is -0.385. The molecule has 25 heavy (non-hydrogen) atoms. The summed E-state index contributed by atoms with van der Waals surface area (Å²) < 4.78 is 5.33. The molecule has 0 saturated carbocycles. The Labute approximate surface area is 146 Å². The third-order valence-electron chi connectivity index (χ3n) is 3.48. The molecular weight excluding hydrogens is 322 g/mol. The molecule has 0 bridgehead atoms. The molecule has 1 amide bonds. The number of anilines is 1. The van der Waals surface area contributed by atoms with E-state index < -0.39 is 10.8 Å². The monoisotopic (exact) mass is 343 g/mol. The first-order chi connectivity index (χ1) is 12.0. The van der Waals surface area contributed by atoms with Gasteiger partial charge in [0.1, 0.15) is 11.3 Å². The molecule has 0 aromatic heterocycles. The number of para-hydroxylation sites is 1. The number of nitro groups is 1. The van der Waals surface area contributed by atoms with Crippen LogP contribution in [0, 0.1) is 10.1 Å². The van der Waals surface area contributed by atoms with Crippen molar-refractivity contribution < 1.29 is 14.5 Å². The van der Waals surface area contributed by atoms with Gasteiger partial charge in [-0.3, -0.25) is 14.9 Å². The largest absolute Gasteiger partial charge is 0.494 e. The maximum Gasteiger partial charge on any atom is 0.282 e. The molecule has 132 valence electrons. The molecule has 1 atom stereocenters. The van der Waals surface area contributed by atoms with Gasteiger partial charge in [0.15, 0.2) is 0 Å². The van der Waals surface area contributed by atoms with Crippen molar-refractivity contribution in [2.24, 2.45) is 0 Å². The maximum absolute atomic E-state index is 12.4. The number of nitro benzene ring substituents is 1. The minimum Gasteiger partial charge on any atom is -0.494 e. The summed E-state index contributed by atoms with van der Waals surface area (Å²) >= 11 is 0. The molecule has 0 spiro atoms. The van der Waals surface area contributed by atoms with Crippen LogP contribution in [-0.2, 0) is 0 Å². The van der Waals surface area contributed by atoms with E-state index in [0.717, 1.165) is 5.69 Å². The predicted molar refractivity (Wildman–Crippen MR) is 96.1 cm³/mol. The minimum atomic E-state index is -0.572. The first-order valence-corrected chi connectivity index (χ1v) is 8.02. The molecule has 0 heterocycles. The number of carbonyl (C=O) groups is 1. The maximum atomic E-state index is 12.4. The molecule has 7 nitrogen and oxygen atoms in total. The zero-order valence-corrected chi connectivity index (χ0v) is 14.2. The molecule has 1 unspecified atom stereocenters. The molecule has 0 aliphatic rings. The molecule has 7 heteroatoms. The van der Waals surface area contributed by atoms with E-state index in [4.69, 9.17) is 4.74 Å². The molecule has 2 rings (SSSR count). The van der Waals surface area contributed by atoms with Gasteiger partial charge in [0.2, 0.25) is 0 Å². The highest BCUT2D eigenvalue weighted by molar-refractivity contribution is 5.98. The van der Waals surface area contributed by atoms with Gasteiger partial charge in [0.05, 0.1) is 11.5 Å². The van der Waals surface area contributed by atoms with Crippen molar-refractivity contribution >= 4 is 17.3 Å². The third-order valence-corrected chi connectivity index (χ3v) is 3.48. The summed E-state index contributed by atoms with van der Waals surface area (Å²) in [4.78, 5) is 23.0. The molecule has 2 aromatic carbocycles. The van der Waals surface area contributed by atoms with Crippen LogP contribution in [0.4, 0.5) is 11.4 Å². The Morgan fingerprint density at radius 1 is 1.24 bits per heavy atom. The van der Waals surface area contributed by atoms with E-state index in [1.807, 2.05) is 37.3 Å². The zero-order chi connectivity index (χ0) is 18.2. The number of ether oxygens (including phenoxy) is 1. The van der Waals surface area contributed by atoms with Gasteiger partial charge < -0.3 is 15.4 Å². The Kier molecular flexibility index (Phi) is 6.33. The summed E-state index contributed by atoms with van der Waals surface area (Å²) in [6.45, 7) is 4.54. The number of hydrogen-bond acceptors (Lipinski definition) is 5. The Bertz CT molecular complexity index is 734. The smallest absolute Gasteiger partial charge is 0.282 e. The van der Waals surface area contributed by atoms with E-state index in [1.165, 1.54) is 18.2 Å². The lowest BCUT2D eigenvalue weighted by Gasteiger charge is -2.16. The Hall–Kier alpha value is -3.09. The van der Waals surface area contributed by atoms with Crippen LogP contribution in [-0.4, -0.2) is 30.0 Å². The number of nitrogens with zero attached hydrogens (tertiary/aromatic N) is 1. The number of hydrogen-bond donors (Lipinski definition) is 2. The van der Waals surface area contributed by atoms with Crippen molar-refractivity contribution in [3.63, 3.8) is 0 Å². The second-order valence-electron chi connectivity index (χ2n) is 5.49. The Balaban J connectivity index is 2.05. The second-order valence-corrected chi connectivity index (χ2v) is 5.49. The van der Waals surface area contributed by atoms with Gasteiger partial charge in [-0.05, 0) is 38.1 Å². The van der Waals surface area contributed by atoms with Crippen molar-refractivity contribution in [2.75, 3.05) is 18.5 Å². The van der Waals surface area contributed by atoms with E-state index in [0.29, 0.717) is 18.9 Å². The van der Waals surface area contributed by atoms with Crippen LogP contribution in [0.25, 0.3) is 0 Å². The van der Waals surface area contributed by atoms with Crippen molar-refractivity contribution in [3.05, 3.63) is 64.2 Å². The summed E-state index contributed by atoms with van der Waals surface area (Å²) in [6, 6.07) is 13.5. The number of rotatable bonds is 8. The van der Waals surface area contributed by atoms with Crippen molar-refractivity contribution in [1.29, 1.82) is 0 Å². The molecule has 2 N–H and O–H groups in total. The third kappa shape index (κ3) is 5.20. The SMILES string of the molecule is CCOc1ccc([N+](=O)[O-])c(C(=O)NC(C)CNc2ccccc2)c1. The van der Waals surface area contributed by atoms with Gasteiger partial charge in [-0.2, -0.15) is 0 Å².